The first-order valence-corrected chi connectivity index (χ1v) is 6.36. The molecular weight excluding hydrogens is 283 g/mol. The molecule has 114 valence electrons. The van der Waals surface area contributed by atoms with Crippen LogP contribution in [0.15, 0.2) is 18.2 Å². The third-order valence-corrected chi connectivity index (χ3v) is 3.34. The summed E-state index contributed by atoms with van der Waals surface area (Å²) in [6, 6.07) is 3.36. The van der Waals surface area contributed by atoms with Crippen LogP contribution < -0.4 is 0 Å². The molecule has 1 aromatic rings. The second kappa shape index (κ2) is 6.59. The molecule has 0 spiro atoms. The zero-order valence-electron chi connectivity index (χ0n) is 11.5. The summed E-state index contributed by atoms with van der Waals surface area (Å²) in [6.07, 6.45) is 0. The Morgan fingerprint density at radius 3 is 3.05 bits per heavy atom. The van der Waals surface area contributed by atoms with Gasteiger partial charge in [0.05, 0.1) is 25.2 Å². The van der Waals surface area contributed by atoms with Crippen molar-refractivity contribution < 1.29 is 23.6 Å². The summed E-state index contributed by atoms with van der Waals surface area (Å²) >= 11 is 0. The van der Waals surface area contributed by atoms with E-state index in [1.807, 2.05) is 0 Å². The Balaban J connectivity index is 2.21. The lowest BCUT2D eigenvalue weighted by Crippen LogP contribution is -2.49. The Hall–Kier alpha value is -2.06. The van der Waals surface area contributed by atoms with Gasteiger partial charge in [0.2, 0.25) is 5.82 Å². The van der Waals surface area contributed by atoms with E-state index in [1.54, 1.807) is 4.90 Å². The van der Waals surface area contributed by atoms with Crippen molar-refractivity contribution in [3.05, 3.63) is 39.7 Å². The lowest BCUT2D eigenvalue weighted by molar-refractivity contribution is -0.387. The van der Waals surface area contributed by atoms with Crippen molar-refractivity contribution in [1.82, 2.24) is 4.90 Å². The monoisotopic (exact) mass is 298 g/mol. The van der Waals surface area contributed by atoms with E-state index in [2.05, 4.69) is 4.74 Å². The first kappa shape index (κ1) is 15.3. The van der Waals surface area contributed by atoms with Crippen molar-refractivity contribution in [1.29, 1.82) is 0 Å². The molecule has 1 aromatic carbocycles. The van der Waals surface area contributed by atoms with Gasteiger partial charge in [0, 0.05) is 24.7 Å². The van der Waals surface area contributed by atoms with Gasteiger partial charge in [-0.3, -0.25) is 19.8 Å². The average Bonchev–Trinajstić information content (AvgIpc) is 2.49. The normalized spacial score (nSPS) is 19.2. The molecule has 0 aliphatic carbocycles. The number of rotatable bonds is 4. The lowest BCUT2D eigenvalue weighted by Gasteiger charge is -2.33. The van der Waals surface area contributed by atoms with Crippen molar-refractivity contribution in [3.63, 3.8) is 0 Å². The van der Waals surface area contributed by atoms with E-state index >= 15 is 0 Å². The molecule has 0 amide bonds. The Morgan fingerprint density at radius 2 is 2.38 bits per heavy atom. The zero-order valence-corrected chi connectivity index (χ0v) is 11.5. The third-order valence-electron chi connectivity index (χ3n) is 3.34. The number of nitro benzene ring substituents is 1. The number of esters is 1. The lowest BCUT2D eigenvalue weighted by atomic mass is 10.1. The van der Waals surface area contributed by atoms with Crippen LogP contribution in [0.2, 0.25) is 0 Å². The summed E-state index contributed by atoms with van der Waals surface area (Å²) in [7, 11) is 1.27. The number of ether oxygens (including phenoxy) is 2. The maximum Gasteiger partial charge on any atom is 0.325 e. The van der Waals surface area contributed by atoms with Crippen LogP contribution in [0.1, 0.15) is 5.56 Å². The highest BCUT2D eigenvalue weighted by atomic mass is 19.1. The van der Waals surface area contributed by atoms with Crippen molar-refractivity contribution in [2.45, 2.75) is 12.6 Å². The van der Waals surface area contributed by atoms with Gasteiger partial charge in [-0.1, -0.05) is 12.1 Å². The summed E-state index contributed by atoms with van der Waals surface area (Å²) in [4.78, 5) is 23.3. The van der Waals surface area contributed by atoms with Gasteiger partial charge in [-0.2, -0.15) is 4.39 Å². The van der Waals surface area contributed by atoms with E-state index in [9.17, 15) is 19.3 Å². The van der Waals surface area contributed by atoms with Crippen molar-refractivity contribution in [2.24, 2.45) is 0 Å². The minimum absolute atomic E-state index is 0.0800. The number of nitrogens with zero attached hydrogens (tertiary/aromatic N) is 2. The molecule has 7 nitrogen and oxygen atoms in total. The number of carbonyl (C=O) groups is 1. The number of carbonyl (C=O) groups excluding carboxylic acids is 1. The molecule has 0 N–H and O–H groups in total. The largest absolute Gasteiger partial charge is 0.468 e. The summed E-state index contributed by atoms with van der Waals surface area (Å²) in [5.74, 6) is -1.35. The van der Waals surface area contributed by atoms with E-state index in [1.165, 1.54) is 19.2 Å². The molecule has 1 aliphatic rings. The molecule has 1 aliphatic heterocycles. The van der Waals surface area contributed by atoms with E-state index in [0.717, 1.165) is 6.07 Å². The highest BCUT2D eigenvalue weighted by Gasteiger charge is 2.31. The Bertz CT molecular complexity index is 551. The fourth-order valence-electron chi connectivity index (χ4n) is 2.23. The topological polar surface area (TPSA) is 81.9 Å². The molecule has 0 radical (unpaired) electrons. The van der Waals surface area contributed by atoms with E-state index in [-0.39, 0.29) is 18.7 Å². The maximum absolute atomic E-state index is 14.1. The van der Waals surface area contributed by atoms with Crippen LogP contribution in [0.5, 0.6) is 0 Å². The smallest absolute Gasteiger partial charge is 0.325 e. The van der Waals surface area contributed by atoms with Crippen molar-refractivity contribution in [3.8, 4) is 0 Å². The molecule has 1 unspecified atom stereocenters. The van der Waals surface area contributed by atoms with Crippen LogP contribution >= 0.6 is 0 Å². The van der Waals surface area contributed by atoms with Gasteiger partial charge in [0.1, 0.15) is 6.04 Å². The van der Waals surface area contributed by atoms with Crippen LogP contribution in [0.4, 0.5) is 10.1 Å². The molecule has 21 heavy (non-hydrogen) atoms. The second-order valence-corrected chi connectivity index (χ2v) is 4.59. The number of morpholine rings is 1. The highest BCUT2D eigenvalue weighted by Crippen LogP contribution is 2.23. The van der Waals surface area contributed by atoms with Crippen LogP contribution in [0.25, 0.3) is 0 Å². The molecule has 1 heterocycles. The molecule has 1 atom stereocenters. The van der Waals surface area contributed by atoms with Gasteiger partial charge < -0.3 is 9.47 Å². The van der Waals surface area contributed by atoms with Crippen molar-refractivity contribution in [2.75, 3.05) is 26.9 Å². The van der Waals surface area contributed by atoms with Crippen LogP contribution in [-0.4, -0.2) is 48.7 Å². The minimum atomic E-state index is -0.877. The van der Waals surface area contributed by atoms with Gasteiger partial charge in [0.15, 0.2) is 0 Å². The number of halogens is 1. The molecule has 8 heteroatoms. The van der Waals surface area contributed by atoms with Crippen molar-refractivity contribution >= 4 is 11.7 Å². The summed E-state index contributed by atoms with van der Waals surface area (Å²) in [5, 5.41) is 10.7. The fraction of sp³-hybridized carbons (Fsp3) is 0.462. The average molecular weight is 298 g/mol. The molecule has 0 aromatic heterocycles. The molecule has 0 bridgehead atoms. The van der Waals surface area contributed by atoms with Crippen LogP contribution in [-0.2, 0) is 20.8 Å². The van der Waals surface area contributed by atoms with Crippen LogP contribution in [0.3, 0.4) is 0 Å². The van der Waals surface area contributed by atoms with E-state index in [0.29, 0.717) is 13.2 Å². The standard InChI is InChI=1S/C13H15FN2O5/c1-20-13(17)11-8-21-6-5-15(11)7-9-3-2-4-10(12(9)14)16(18)19/h2-4,11H,5-8H2,1H3. The summed E-state index contributed by atoms with van der Waals surface area (Å²) in [6.45, 7) is 1.06. The first-order chi connectivity index (χ1) is 10.0. The Labute approximate surface area is 120 Å². The van der Waals surface area contributed by atoms with Gasteiger partial charge in [-0.15, -0.1) is 0 Å². The summed E-state index contributed by atoms with van der Waals surface area (Å²) < 4.78 is 24.0. The number of hydrogen-bond donors (Lipinski definition) is 0. The minimum Gasteiger partial charge on any atom is -0.468 e. The molecule has 0 saturated carbocycles. The fourth-order valence-corrected chi connectivity index (χ4v) is 2.23. The quantitative estimate of drug-likeness (QED) is 0.470. The maximum atomic E-state index is 14.1. The summed E-state index contributed by atoms with van der Waals surface area (Å²) in [5.41, 5.74) is -0.407. The molecule has 2 rings (SSSR count). The number of hydrogen-bond acceptors (Lipinski definition) is 6. The Morgan fingerprint density at radius 1 is 1.62 bits per heavy atom. The molecular formula is C13H15FN2O5. The predicted molar refractivity (Wildman–Crippen MR) is 70.1 cm³/mol. The third kappa shape index (κ3) is 3.34. The SMILES string of the molecule is COC(=O)C1COCCN1Cc1cccc([N+](=O)[O-])c1F. The predicted octanol–water partition coefficient (Wildman–Crippen LogP) is 1.11. The van der Waals surface area contributed by atoms with Gasteiger partial charge >= 0.3 is 11.7 Å². The highest BCUT2D eigenvalue weighted by molar-refractivity contribution is 5.75. The Kier molecular flexibility index (Phi) is 4.81. The molecule has 1 fully saturated rings. The van der Waals surface area contributed by atoms with E-state index < -0.39 is 28.4 Å². The molecule has 1 saturated heterocycles. The second-order valence-electron chi connectivity index (χ2n) is 4.59. The van der Waals surface area contributed by atoms with E-state index in [4.69, 9.17) is 4.74 Å². The van der Waals surface area contributed by atoms with Gasteiger partial charge in [-0.25, -0.2) is 0 Å². The number of nitro groups is 1. The van der Waals surface area contributed by atoms with Crippen LogP contribution in [0, 0.1) is 15.9 Å². The number of methoxy groups -OCH3 is 1. The number of benzene rings is 1. The zero-order chi connectivity index (χ0) is 15.4. The van der Waals surface area contributed by atoms with Gasteiger partial charge in [-0.05, 0) is 0 Å². The van der Waals surface area contributed by atoms with Gasteiger partial charge in [0.25, 0.3) is 0 Å². The first-order valence-electron chi connectivity index (χ1n) is 6.36.